The Morgan fingerprint density at radius 3 is 1.22 bits per heavy atom. The minimum absolute atomic E-state index is 0.0233. The zero-order valence-electron chi connectivity index (χ0n) is 33.0. The third-order valence-electron chi connectivity index (χ3n) is 10.6. The van der Waals surface area contributed by atoms with Crippen molar-refractivity contribution < 1.29 is 34.5 Å². The molecule has 2 saturated heterocycles. The van der Waals surface area contributed by atoms with Crippen LogP contribution in [0.2, 0.25) is 0 Å². The van der Waals surface area contributed by atoms with Gasteiger partial charge < -0.3 is 20.2 Å². The summed E-state index contributed by atoms with van der Waals surface area (Å²) in [6.45, 7) is 14.0. The third-order valence-corrected chi connectivity index (χ3v) is 10.6. The number of carbonyl (C=O) groups is 4. The molecule has 4 aromatic carbocycles. The maximum absolute atomic E-state index is 13.2. The van der Waals surface area contributed by atoms with Crippen molar-refractivity contribution in [1.29, 1.82) is 0 Å². The first-order valence-corrected chi connectivity index (χ1v) is 18.9. The first kappa shape index (κ1) is 41.2. The molecule has 9 heteroatoms. The SMILES string of the molecule is C[C@@H](O)[C@H]1C(=O)N(C(O)(c2ccccc2)c2ccccc2)[C@@H]1C(=O)C(C)(C)C.C[C@@H](O)[C@H]1C(=O)N(C(c2ccccc2)c2ccccc2)[C@@H]1C(=O)C(C)(C)C. The smallest absolute Gasteiger partial charge is 0.234 e. The lowest BCUT2D eigenvalue weighted by atomic mass is 9.71. The number of β-lactam (4-membered cyclic amide) rings is 2. The van der Waals surface area contributed by atoms with Crippen LogP contribution in [0.1, 0.15) is 83.7 Å². The van der Waals surface area contributed by atoms with Gasteiger partial charge in [-0.1, -0.05) is 163 Å². The lowest BCUT2D eigenvalue weighted by Gasteiger charge is -2.56. The summed E-state index contributed by atoms with van der Waals surface area (Å²) < 4.78 is 0. The monoisotopic (exact) mass is 746 g/mol. The van der Waals surface area contributed by atoms with Gasteiger partial charge >= 0.3 is 0 Å². The Morgan fingerprint density at radius 2 is 0.873 bits per heavy atom. The first-order valence-electron chi connectivity index (χ1n) is 18.9. The van der Waals surface area contributed by atoms with Gasteiger partial charge in [0.1, 0.15) is 12.1 Å². The standard InChI is InChI=1S/C23H27NO4.C23H27NO3/c1-15(25)18-19(20(26)22(2,3)4)24(21(18)27)23(28,16-11-7-5-8-12-16)17-13-9-6-10-14-17;1-15(25)18-20(21(26)23(2,3)4)24(22(18)27)19(16-11-7-5-8-12-16)17-13-9-6-10-14-17/h5-15,18-19,25,28H,1-4H3;5-15,18-20,25H,1-4H3/t15-,18-,19+;15-,18-,20+/m11/s1. The molecule has 0 bridgehead atoms. The molecule has 9 nitrogen and oxygen atoms in total. The third kappa shape index (κ3) is 7.92. The van der Waals surface area contributed by atoms with Crippen LogP contribution in [0.4, 0.5) is 0 Å². The van der Waals surface area contributed by atoms with Gasteiger partial charge in [-0.2, -0.15) is 0 Å². The van der Waals surface area contributed by atoms with E-state index in [9.17, 15) is 34.5 Å². The molecule has 6 rings (SSSR count). The number of nitrogens with zero attached hydrogens (tertiary/aromatic N) is 2. The number of benzene rings is 4. The van der Waals surface area contributed by atoms with E-state index in [0.29, 0.717) is 11.1 Å². The van der Waals surface area contributed by atoms with E-state index >= 15 is 0 Å². The van der Waals surface area contributed by atoms with Gasteiger partial charge in [0.05, 0.1) is 30.1 Å². The van der Waals surface area contributed by atoms with Crippen LogP contribution in [0.3, 0.4) is 0 Å². The highest BCUT2D eigenvalue weighted by molar-refractivity contribution is 6.04. The van der Waals surface area contributed by atoms with Gasteiger partial charge in [0.25, 0.3) is 0 Å². The highest BCUT2D eigenvalue weighted by Crippen LogP contribution is 2.46. The number of carbonyl (C=O) groups excluding carboxylic acids is 4. The highest BCUT2D eigenvalue weighted by Gasteiger charge is 2.62. The van der Waals surface area contributed by atoms with Crippen LogP contribution >= 0.6 is 0 Å². The summed E-state index contributed by atoms with van der Waals surface area (Å²) in [5.41, 5.74) is -0.257. The number of rotatable bonds is 10. The molecule has 4 aromatic rings. The molecule has 0 saturated carbocycles. The van der Waals surface area contributed by atoms with E-state index in [-0.39, 0.29) is 23.5 Å². The molecule has 0 aliphatic carbocycles. The summed E-state index contributed by atoms with van der Waals surface area (Å²) in [6.07, 6.45) is -1.85. The normalized spacial score (nSPS) is 21.2. The molecule has 3 N–H and O–H groups in total. The summed E-state index contributed by atoms with van der Waals surface area (Å²) >= 11 is 0. The summed E-state index contributed by atoms with van der Waals surface area (Å²) in [5, 5.41) is 32.2. The fourth-order valence-corrected chi connectivity index (χ4v) is 7.66. The van der Waals surface area contributed by atoms with Crippen LogP contribution in [0, 0.1) is 22.7 Å². The summed E-state index contributed by atoms with van der Waals surface area (Å²) in [4.78, 5) is 55.4. The topological polar surface area (TPSA) is 135 Å². The van der Waals surface area contributed by atoms with Crippen LogP contribution in [0.15, 0.2) is 121 Å². The van der Waals surface area contributed by atoms with Crippen molar-refractivity contribution in [3.05, 3.63) is 144 Å². The van der Waals surface area contributed by atoms with Crippen molar-refractivity contribution >= 4 is 23.4 Å². The molecular formula is C46H54N2O7. The lowest BCUT2D eigenvalue weighted by molar-refractivity contribution is -0.207. The van der Waals surface area contributed by atoms with Crippen LogP contribution in [0.5, 0.6) is 0 Å². The molecule has 0 aromatic heterocycles. The van der Waals surface area contributed by atoms with Crippen LogP contribution < -0.4 is 0 Å². The summed E-state index contributed by atoms with van der Waals surface area (Å²) in [7, 11) is 0. The first-order chi connectivity index (χ1) is 25.8. The van der Waals surface area contributed by atoms with Crippen molar-refractivity contribution in [2.75, 3.05) is 0 Å². The van der Waals surface area contributed by atoms with Crippen LogP contribution in [-0.2, 0) is 24.9 Å². The Balaban J connectivity index is 0.000000211. The van der Waals surface area contributed by atoms with Gasteiger partial charge in [-0.15, -0.1) is 0 Å². The molecule has 2 amide bonds. The highest BCUT2D eigenvalue weighted by atomic mass is 16.3. The number of ketones is 2. The van der Waals surface area contributed by atoms with Gasteiger partial charge in [-0.05, 0) is 25.0 Å². The molecule has 0 radical (unpaired) electrons. The minimum atomic E-state index is -1.81. The minimum Gasteiger partial charge on any atom is -0.392 e. The lowest BCUT2D eigenvalue weighted by Crippen LogP contribution is -2.74. The van der Waals surface area contributed by atoms with E-state index in [0.717, 1.165) is 11.1 Å². The van der Waals surface area contributed by atoms with Gasteiger partial charge in [0.2, 0.25) is 11.8 Å². The number of aliphatic hydroxyl groups is 3. The largest absolute Gasteiger partial charge is 0.392 e. The molecule has 6 atom stereocenters. The van der Waals surface area contributed by atoms with E-state index in [4.69, 9.17) is 0 Å². The molecule has 2 aliphatic rings. The molecule has 2 aliphatic heterocycles. The summed E-state index contributed by atoms with van der Waals surface area (Å²) in [5.74, 6) is -2.39. The maximum atomic E-state index is 13.2. The second kappa shape index (κ2) is 16.0. The van der Waals surface area contributed by atoms with E-state index in [2.05, 4.69) is 0 Å². The Hall–Kier alpha value is -4.96. The maximum Gasteiger partial charge on any atom is 0.234 e. The van der Waals surface area contributed by atoms with E-state index in [1.54, 1.807) is 81.1 Å². The van der Waals surface area contributed by atoms with Gasteiger partial charge in [-0.3, -0.25) is 24.1 Å². The van der Waals surface area contributed by atoms with E-state index in [1.807, 2.05) is 93.6 Å². The van der Waals surface area contributed by atoms with Crippen molar-refractivity contribution in [1.82, 2.24) is 9.80 Å². The quantitative estimate of drug-likeness (QED) is 0.162. The number of hydrogen-bond acceptors (Lipinski definition) is 7. The predicted octanol–water partition coefficient (Wildman–Crippen LogP) is 6.30. The zero-order chi connectivity index (χ0) is 40.5. The number of aliphatic hydroxyl groups excluding tert-OH is 2. The van der Waals surface area contributed by atoms with E-state index < -0.39 is 58.6 Å². The molecule has 2 fully saturated rings. The van der Waals surface area contributed by atoms with Crippen molar-refractivity contribution in [3.8, 4) is 0 Å². The summed E-state index contributed by atoms with van der Waals surface area (Å²) in [6, 6.07) is 35.2. The predicted molar refractivity (Wildman–Crippen MR) is 211 cm³/mol. The van der Waals surface area contributed by atoms with Gasteiger partial charge in [0.15, 0.2) is 17.3 Å². The molecule has 0 spiro atoms. The second-order valence-corrected chi connectivity index (χ2v) is 16.7. The number of Topliss-reactive ketones (excluding diaryl/α,β-unsaturated/α-hetero) is 2. The van der Waals surface area contributed by atoms with Crippen LogP contribution in [0.25, 0.3) is 0 Å². The Morgan fingerprint density at radius 1 is 0.545 bits per heavy atom. The fourth-order valence-electron chi connectivity index (χ4n) is 7.66. The number of likely N-dealkylation sites (tertiary alicyclic amines) is 2. The second-order valence-electron chi connectivity index (χ2n) is 16.7. The zero-order valence-corrected chi connectivity index (χ0v) is 33.0. The molecule has 290 valence electrons. The van der Waals surface area contributed by atoms with Crippen LogP contribution in [-0.4, -0.2) is 72.8 Å². The molecule has 0 unspecified atom stereocenters. The Bertz CT molecular complexity index is 1870. The Kier molecular flexibility index (Phi) is 12.0. The van der Waals surface area contributed by atoms with Crippen molar-refractivity contribution in [2.45, 2.75) is 91.4 Å². The average Bonchev–Trinajstić information content (AvgIpc) is 3.14. The van der Waals surface area contributed by atoms with E-state index in [1.165, 1.54) is 11.8 Å². The number of hydrogen-bond donors (Lipinski definition) is 3. The Labute approximate surface area is 324 Å². The van der Waals surface area contributed by atoms with Crippen molar-refractivity contribution in [2.24, 2.45) is 22.7 Å². The average molecular weight is 747 g/mol. The van der Waals surface area contributed by atoms with Gasteiger partial charge in [-0.25, -0.2) is 0 Å². The van der Waals surface area contributed by atoms with Gasteiger partial charge in [0, 0.05) is 22.0 Å². The molecule has 55 heavy (non-hydrogen) atoms. The fraction of sp³-hybridized carbons (Fsp3) is 0.391. The van der Waals surface area contributed by atoms with Crippen molar-refractivity contribution in [3.63, 3.8) is 0 Å². The molecule has 2 heterocycles. The molecular weight excluding hydrogens is 693 g/mol. The number of amides is 2.